The largest absolute Gasteiger partial charge is 0.494 e. The van der Waals surface area contributed by atoms with E-state index in [2.05, 4.69) is 19.3 Å². The van der Waals surface area contributed by atoms with Gasteiger partial charge in [-0.25, -0.2) is 0 Å². The lowest BCUT2D eigenvalue weighted by Crippen LogP contribution is -2.17. The summed E-state index contributed by atoms with van der Waals surface area (Å²) in [4.78, 5) is 5.31. The molecular weight excluding hydrogens is 202 g/mol. The number of hydrogen-bond acceptors (Lipinski definition) is 3. The van der Waals surface area contributed by atoms with Gasteiger partial charge in [-0.15, -0.1) is 0 Å². The van der Waals surface area contributed by atoms with E-state index in [1.807, 2.05) is 31.2 Å². The van der Waals surface area contributed by atoms with E-state index in [1.54, 1.807) is 0 Å². The fraction of sp³-hybridized carbons (Fsp3) is 0.538. The molecule has 90 valence electrons. The molecular formula is C13H21NO2. The van der Waals surface area contributed by atoms with Crippen LogP contribution >= 0.6 is 0 Å². The van der Waals surface area contributed by atoms with Crippen LogP contribution in [-0.4, -0.2) is 13.2 Å². The van der Waals surface area contributed by atoms with Crippen LogP contribution in [0.3, 0.4) is 0 Å². The molecule has 0 fully saturated rings. The van der Waals surface area contributed by atoms with Crippen molar-refractivity contribution >= 4 is 0 Å². The number of hydroxylamine groups is 1. The van der Waals surface area contributed by atoms with Crippen molar-refractivity contribution in [3.8, 4) is 5.75 Å². The first-order chi connectivity index (χ1) is 7.72. The van der Waals surface area contributed by atoms with E-state index < -0.39 is 0 Å². The van der Waals surface area contributed by atoms with Gasteiger partial charge in [0.05, 0.1) is 13.2 Å². The standard InChI is InChI=1S/C13H21NO2/c1-4-15-13-7-5-6-12(8-13)9-14-16-10-11(2)3/h5-8,11,14H,4,9-10H2,1-3H3. The summed E-state index contributed by atoms with van der Waals surface area (Å²) in [7, 11) is 0. The average molecular weight is 223 g/mol. The molecule has 0 spiro atoms. The Balaban J connectivity index is 2.33. The van der Waals surface area contributed by atoms with Gasteiger partial charge in [-0.2, -0.15) is 5.48 Å². The molecule has 1 N–H and O–H groups in total. The van der Waals surface area contributed by atoms with E-state index in [-0.39, 0.29) is 0 Å². The first kappa shape index (κ1) is 13.0. The van der Waals surface area contributed by atoms with Crippen LogP contribution in [0.4, 0.5) is 0 Å². The minimum atomic E-state index is 0.544. The fourth-order valence-electron chi connectivity index (χ4n) is 1.27. The Labute approximate surface area is 97.7 Å². The number of ether oxygens (including phenoxy) is 1. The SMILES string of the molecule is CCOc1cccc(CNOCC(C)C)c1. The molecule has 1 rings (SSSR count). The third-order valence-corrected chi connectivity index (χ3v) is 2.00. The predicted octanol–water partition coefficient (Wildman–Crippen LogP) is 2.76. The monoisotopic (exact) mass is 223 g/mol. The van der Waals surface area contributed by atoms with Crippen molar-refractivity contribution in [3.05, 3.63) is 29.8 Å². The summed E-state index contributed by atoms with van der Waals surface area (Å²) < 4.78 is 5.42. The second-order valence-corrected chi connectivity index (χ2v) is 4.11. The molecule has 0 aliphatic rings. The molecule has 0 atom stereocenters. The maximum atomic E-state index is 5.42. The van der Waals surface area contributed by atoms with Crippen LogP contribution in [0.5, 0.6) is 5.75 Å². The maximum absolute atomic E-state index is 5.42. The van der Waals surface area contributed by atoms with Gasteiger partial charge < -0.3 is 9.57 Å². The molecule has 0 bridgehead atoms. The molecule has 16 heavy (non-hydrogen) atoms. The normalized spacial score (nSPS) is 10.8. The second-order valence-electron chi connectivity index (χ2n) is 4.11. The van der Waals surface area contributed by atoms with Crippen molar-refractivity contribution in [2.24, 2.45) is 5.92 Å². The first-order valence-electron chi connectivity index (χ1n) is 5.78. The van der Waals surface area contributed by atoms with E-state index in [0.29, 0.717) is 19.1 Å². The van der Waals surface area contributed by atoms with Crippen molar-refractivity contribution in [1.29, 1.82) is 0 Å². The third kappa shape index (κ3) is 5.14. The Morgan fingerprint density at radius 3 is 2.81 bits per heavy atom. The zero-order valence-corrected chi connectivity index (χ0v) is 10.3. The molecule has 3 nitrogen and oxygen atoms in total. The Hall–Kier alpha value is -1.06. The zero-order valence-electron chi connectivity index (χ0n) is 10.3. The summed E-state index contributed by atoms with van der Waals surface area (Å²) in [5, 5.41) is 0. The van der Waals surface area contributed by atoms with Gasteiger partial charge in [-0.1, -0.05) is 26.0 Å². The van der Waals surface area contributed by atoms with Gasteiger partial charge in [-0.3, -0.25) is 0 Å². The Kier molecular flexibility index (Phi) is 5.90. The van der Waals surface area contributed by atoms with Crippen LogP contribution in [0, 0.1) is 5.92 Å². The lowest BCUT2D eigenvalue weighted by molar-refractivity contribution is 0.0196. The summed E-state index contributed by atoms with van der Waals surface area (Å²) >= 11 is 0. The van der Waals surface area contributed by atoms with Crippen LogP contribution in [0.25, 0.3) is 0 Å². The molecule has 1 aromatic rings. The van der Waals surface area contributed by atoms with Crippen molar-refractivity contribution in [2.45, 2.75) is 27.3 Å². The number of nitrogens with one attached hydrogen (secondary N) is 1. The average Bonchev–Trinajstić information content (AvgIpc) is 2.25. The smallest absolute Gasteiger partial charge is 0.119 e. The lowest BCUT2D eigenvalue weighted by atomic mass is 10.2. The number of rotatable bonds is 7. The van der Waals surface area contributed by atoms with Gasteiger partial charge in [0.25, 0.3) is 0 Å². The molecule has 0 aliphatic heterocycles. The van der Waals surface area contributed by atoms with Crippen molar-refractivity contribution in [3.63, 3.8) is 0 Å². The summed E-state index contributed by atoms with van der Waals surface area (Å²) in [6.07, 6.45) is 0. The summed E-state index contributed by atoms with van der Waals surface area (Å²) in [6.45, 7) is 8.35. The summed E-state index contributed by atoms with van der Waals surface area (Å²) in [5.74, 6) is 1.45. The quantitative estimate of drug-likeness (QED) is 0.569. The maximum Gasteiger partial charge on any atom is 0.119 e. The van der Waals surface area contributed by atoms with E-state index in [1.165, 1.54) is 0 Å². The third-order valence-electron chi connectivity index (χ3n) is 2.00. The Morgan fingerprint density at radius 2 is 2.12 bits per heavy atom. The molecule has 0 aliphatic carbocycles. The van der Waals surface area contributed by atoms with E-state index in [9.17, 15) is 0 Å². The minimum Gasteiger partial charge on any atom is -0.494 e. The molecule has 0 radical (unpaired) electrons. The number of hydrogen-bond donors (Lipinski definition) is 1. The van der Waals surface area contributed by atoms with Crippen LogP contribution in [-0.2, 0) is 11.4 Å². The van der Waals surface area contributed by atoms with Crippen molar-refractivity contribution in [1.82, 2.24) is 5.48 Å². The Morgan fingerprint density at radius 1 is 1.31 bits per heavy atom. The fourth-order valence-corrected chi connectivity index (χ4v) is 1.27. The molecule has 3 heteroatoms. The number of benzene rings is 1. The minimum absolute atomic E-state index is 0.544. The topological polar surface area (TPSA) is 30.5 Å². The predicted molar refractivity (Wildman–Crippen MR) is 65.2 cm³/mol. The van der Waals surface area contributed by atoms with E-state index in [0.717, 1.165) is 17.9 Å². The molecule has 0 heterocycles. The van der Waals surface area contributed by atoms with Gasteiger partial charge in [0.15, 0.2) is 0 Å². The van der Waals surface area contributed by atoms with Gasteiger partial charge in [0.1, 0.15) is 5.75 Å². The highest BCUT2D eigenvalue weighted by Crippen LogP contribution is 2.12. The second kappa shape index (κ2) is 7.25. The van der Waals surface area contributed by atoms with Crippen LogP contribution in [0.1, 0.15) is 26.3 Å². The van der Waals surface area contributed by atoms with Crippen LogP contribution in [0.15, 0.2) is 24.3 Å². The van der Waals surface area contributed by atoms with E-state index in [4.69, 9.17) is 9.57 Å². The van der Waals surface area contributed by atoms with E-state index >= 15 is 0 Å². The van der Waals surface area contributed by atoms with Crippen LogP contribution in [0.2, 0.25) is 0 Å². The summed E-state index contributed by atoms with van der Waals surface area (Å²) in [6, 6.07) is 8.02. The van der Waals surface area contributed by atoms with Gasteiger partial charge in [0, 0.05) is 6.54 Å². The highest BCUT2D eigenvalue weighted by atomic mass is 16.6. The van der Waals surface area contributed by atoms with Crippen molar-refractivity contribution < 1.29 is 9.57 Å². The highest BCUT2D eigenvalue weighted by Gasteiger charge is 1.97. The van der Waals surface area contributed by atoms with Gasteiger partial charge in [-0.05, 0) is 30.5 Å². The van der Waals surface area contributed by atoms with Gasteiger partial charge >= 0.3 is 0 Å². The molecule has 0 saturated carbocycles. The Bertz CT molecular complexity index is 300. The van der Waals surface area contributed by atoms with Crippen LogP contribution < -0.4 is 10.2 Å². The lowest BCUT2D eigenvalue weighted by Gasteiger charge is -2.09. The summed E-state index contributed by atoms with van der Waals surface area (Å²) in [5.41, 5.74) is 4.11. The highest BCUT2D eigenvalue weighted by molar-refractivity contribution is 5.28. The molecule has 1 aromatic carbocycles. The van der Waals surface area contributed by atoms with Gasteiger partial charge in [0.2, 0.25) is 0 Å². The molecule has 0 aromatic heterocycles. The molecule has 0 unspecified atom stereocenters. The van der Waals surface area contributed by atoms with Crippen molar-refractivity contribution in [2.75, 3.05) is 13.2 Å². The first-order valence-corrected chi connectivity index (χ1v) is 5.78. The molecule has 0 amide bonds. The zero-order chi connectivity index (χ0) is 11.8. The molecule has 0 saturated heterocycles.